The Morgan fingerprint density at radius 3 is 2.59 bits per heavy atom. The second-order valence-corrected chi connectivity index (χ2v) is 8.69. The van der Waals surface area contributed by atoms with Gasteiger partial charge in [-0.05, 0) is 70.4 Å². The highest BCUT2D eigenvalue weighted by Crippen LogP contribution is 2.31. The van der Waals surface area contributed by atoms with Crippen LogP contribution < -0.4 is 4.90 Å². The molecule has 0 radical (unpaired) electrons. The normalized spacial score (nSPS) is 19.9. The summed E-state index contributed by atoms with van der Waals surface area (Å²) in [5.74, 6) is 0. The number of likely N-dealkylation sites (N-methyl/N-ethyl adjacent to an activating group) is 1. The first kappa shape index (κ1) is 23.2. The molecule has 158 valence electrons. The van der Waals surface area contributed by atoms with Crippen molar-refractivity contribution in [3.63, 3.8) is 0 Å². The average molecular weight is 394 g/mol. The molecule has 0 N–H and O–H groups in total. The molecule has 0 unspecified atom stereocenters. The third-order valence-electron chi connectivity index (χ3n) is 6.42. The van der Waals surface area contributed by atoms with Crippen LogP contribution in [0.15, 0.2) is 52.8 Å². The number of hydrogen-bond acceptors (Lipinski definition) is 3. The minimum absolute atomic E-state index is 0.144. The molecule has 0 spiro atoms. The fourth-order valence-electron chi connectivity index (χ4n) is 3.64. The fraction of sp³-hybridized carbons (Fsp3) is 0.500. The lowest BCUT2D eigenvalue weighted by Crippen LogP contribution is -2.42. The molecule has 0 aliphatic carbocycles. The van der Waals surface area contributed by atoms with E-state index in [4.69, 9.17) is 4.99 Å². The molecule has 0 fully saturated rings. The predicted octanol–water partition coefficient (Wildman–Crippen LogP) is 6.61. The van der Waals surface area contributed by atoms with Crippen LogP contribution in [-0.4, -0.2) is 37.3 Å². The third-order valence-corrected chi connectivity index (χ3v) is 6.42. The Morgan fingerprint density at radius 2 is 1.97 bits per heavy atom. The molecule has 3 heteroatoms. The lowest BCUT2D eigenvalue weighted by atomic mass is 9.96. The number of aliphatic imine (C=N–C) groups is 1. The molecule has 1 aromatic rings. The molecule has 1 aliphatic heterocycles. The van der Waals surface area contributed by atoms with Crippen molar-refractivity contribution in [2.45, 2.75) is 66.3 Å². The molecule has 0 saturated carbocycles. The van der Waals surface area contributed by atoms with Crippen LogP contribution in [0, 0.1) is 6.92 Å². The van der Waals surface area contributed by atoms with Gasteiger partial charge in [-0.25, -0.2) is 0 Å². The summed E-state index contributed by atoms with van der Waals surface area (Å²) in [6.45, 7) is 18.3. The zero-order valence-electron chi connectivity index (χ0n) is 19.8. The van der Waals surface area contributed by atoms with E-state index in [-0.39, 0.29) is 5.54 Å². The summed E-state index contributed by atoms with van der Waals surface area (Å²) < 4.78 is 0. The van der Waals surface area contributed by atoms with E-state index in [0.717, 1.165) is 37.1 Å². The Morgan fingerprint density at radius 1 is 1.28 bits per heavy atom. The molecule has 0 atom stereocenters. The monoisotopic (exact) mass is 393 g/mol. The van der Waals surface area contributed by atoms with Gasteiger partial charge in [-0.3, -0.25) is 9.89 Å². The van der Waals surface area contributed by atoms with Crippen LogP contribution in [0.1, 0.15) is 65.0 Å². The molecule has 1 aliphatic rings. The van der Waals surface area contributed by atoms with Crippen LogP contribution in [0.25, 0.3) is 5.57 Å². The number of benzene rings is 1. The zero-order chi connectivity index (χ0) is 21.8. The number of hydrogen-bond donors (Lipinski definition) is 0. The van der Waals surface area contributed by atoms with Gasteiger partial charge in [-0.2, -0.15) is 0 Å². The van der Waals surface area contributed by atoms with Crippen LogP contribution in [0.2, 0.25) is 0 Å². The molecule has 1 aromatic carbocycles. The van der Waals surface area contributed by atoms with Crippen molar-refractivity contribution in [2.24, 2.45) is 4.99 Å². The van der Waals surface area contributed by atoms with Gasteiger partial charge in [-0.1, -0.05) is 50.6 Å². The van der Waals surface area contributed by atoms with Crippen LogP contribution in [-0.2, 0) is 0 Å². The van der Waals surface area contributed by atoms with Gasteiger partial charge in [0, 0.05) is 31.2 Å². The summed E-state index contributed by atoms with van der Waals surface area (Å²) in [4.78, 5) is 9.37. The van der Waals surface area contributed by atoms with E-state index in [2.05, 4.69) is 96.3 Å². The average Bonchev–Trinajstić information content (AvgIpc) is 2.70. The number of allylic oxidation sites excluding steroid dienone is 3. The highest BCUT2D eigenvalue weighted by atomic mass is 15.2. The topological polar surface area (TPSA) is 18.8 Å². The lowest BCUT2D eigenvalue weighted by Gasteiger charge is -2.36. The molecular formula is C26H39N3. The number of aryl methyl sites for hydroxylation is 1. The van der Waals surface area contributed by atoms with Crippen molar-refractivity contribution in [1.82, 2.24) is 4.90 Å². The van der Waals surface area contributed by atoms with Crippen molar-refractivity contribution in [3.05, 3.63) is 58.9 Å². The molecule has 1 heterocycles. The summed E-state index contributed by atoms with van der Waals surface area (Å²) in [7, 11) is 4.33. The quantitative estimate of drug-likeness (QED) is 0.542. The maximum absolute atomic E-state index is 4.70. The summed E-state index contributed by atoms with van der Waals surface area (Å²) in [5.41, 5.74) is 8.55. The number of anilines is 1. The Kier molecular flexibility index (Phi) is 7.65. The van der Waals surface area contributed by atoms with Gasteiger partial charge in [0.1, 0.15) is 0 Å². The largest absolute Gasteiger partial charge is 0.348 e. The molecule has 0 amide bonds. The van der Waals surface area contributed by atoms with Gasteiger partial charge in [0.25, 0.3) is 0 Å². The highest BCUT2D eigenvalue weighted by Gasteiger charge is 2.27. The summed E-state index contributed by atoms with van der Waals surface area (Å²) in [6.07, 6.45) is 7.58. The van der Waals surface area contributed by atoms with E-state index in [1.807, 2.05) is 6.21 Å². The maximum atomic E-state index is 4.70. The van der Waals surface area contributed by atoms with Crippen molar-refractivity contribution in [1.29, 1.82) is 0 Å². The second-order valence-electron chi connectivity index (χ2n) is 8.69. The zero-order valence-corrected chi connectivity index (χ0v) is 19.8. The van der Waals surface area contributed by atoms with Crippen LogP contribution >= 0.6 is 0 Å². The summed E-state index contributed by atoms with van der Waals surface area (Å²) >= 11 is 0. The van der Waals surface area contributed by atoms with E-state index in [1.54, 1.807) is 0 Å². The number of nitrogens with zero attached hydrogens (tertiary/aromatic N) is 3. The van der Waals surface area contributed by atoms with Crippen LogP contribution in [0.3, 0.4) is 0 Å². The Balaban J connectivity index is 2.46. The minimum atomic E-state index is -0.144. The SMILES string of the molecule is C=C1N=C/C(c2ccc(C)c(N(C)/C(CCC)=C(/C)CC)c2)=C\CN(C)C1(C)C. The van der Waals surface area contributed by atoms with E-state index in [1.165, 1.54) is 28.1 Å². The Bertz CT molecular complexity index is 840. The summed E-state index contributed by atoms with van der Waals surface area (Å²) in [5, 5.41) is 0. The first-order valence-electron chi connectivity index (χ1n) is 10.8. The predicted molar refractivity (Wildman–Crippen MR) is 130 cm³/mol. The van der Waals surface area contributed by atoms with Crippen molar-refractivity contribution >= 4 is 17.5 Å². The Labute approximate surface area is 178 Å². The van der Waals surface area contributed by atoms with Crippen molar-refractivity contribution in [3.8, 4) is 0 Å². The molecule has 3 nitrogen and oxygen atoms in total. The van der Waals surface area contributed by atoms with Crippen LogP contribution in [0.4, 0.5) is 5.69 Å². The first-order valence-corrected chi connectivity index (χ1v) is 10.8. The van der Waals surface area contributed by atoms with E-state index >= 15 is 0 Å². The summed E-state index contributed by atoms with van der Waals surface area (Å²) in [6, 6.07) is 6.74. The minimum Gasteiger partial charge on any atom is -0.348 e. The van der Waals surface area contributed by atoms with Gasteiger partial charge >= 0.3 is 0 Å². The van der Waals surface area contributed by atoms with E-state index in [9.17, 15) is 0 Å². The van der Waals surface area contributed by atoms with Gasteiger partial charge in [-0.15, -0.1) is 0 Å². The molecular weight excluding hydrogens is 354 g/mol. The van der Waals surface area contributed by atoms with E-state index in [0.29, 0.717) is 0 Å². The lowest BCUT2D eigenvalue weighted by molar-refractivity contribution is 0.212. The van der Waals surface area contributed by atoms with Crippen LogP contribution in [0.5, 0.6) is 0 Å². The van der Waals surface area contributed by atoms with Gasteiger partial charge in [0.2, 0.25) is 0 Å². The molecule has 0 bridgehead atoms. The van der Waals surface area contributed by atoms with Gasteiger partial charge < -0.3 is 4.90 Å². The first-order chi connectivity index (χ1) is 13.6. The molecule has 2 rings (SSSR count). The Hall–Kier alpha value is -2.13. The fourth-order valence-corrected chi connectivity index (χ4v) is 3.64. The van der Waals surface area contributed by atoms with Crippen molar-refractivity contribution in [2.75, 3.05) is 25.5 Å². The van der Waals surface area contributed by atoms with Gasteiger partial charge in [0.05, 0.1) is 11.2 Å². The second kappa shape index (κ2) is 9.58. The van der Waals surface area contributed by atoms with E-state index < -0.39 is 0 Å². The maximum Gasteiger partial charge on any atom is 0.0570 e. The van der Waals surface area contributed by atoms with Gasteiger partial charge in [0.15, 0.2) is 0 Å². The van der Waals surface area contributed by atoms with Crippen molar-refractivity contribution < 1.29 is 0 Å². The third kappa shape index (κ3) is 5.08. The molecule has 29 heavy (non-hydrogen) atoms. The highest BCUT2D eigenvalue weighted by molar-refractivity contribution is 6.10. The smallest absolute Gasteiger partial charge is 0.0570 e. The number of rotatable bonds is 6. The molecule has 0 saturated heterocycles. The molecule has 0 aromatic heterocycles. The standard InChI is InChI=1S/C26H39N3/c1-10-12-24(19(3)11-2)29(9)25-17-22(14-13-20(25)4)23-15-16-28(8)26(6,7)21(5)27-18-23/h13-15,17-18H,5,10-12,16H2,1-4,6-9H3/b23-15+,24-19-,27-18?.